The first-order valence-electron chi connectivity index (χ1n) is 5.64. The molecule has 2 heteroatoms. The van der Waals surface area contributed by atoms with Gasteiger partial charge in [0.05, 0.1) is 0 Å². The molecule has 0 aliphatic heterocycles. The number of carbonyl (C=O) groups excluding carboxylic acids is 1. The lowest BCUT2D eigenvalue weighted by Crippen LogP contribution is -2.33. The molecule has 0 fully saturated rings. The Morgan fingerprint density at radius 3 is 1.94 bits per heavy atom. The van der Waals surface area contributed by atoms with Crippen molar-refractivity contribution in [1.29, 1.82) is 0 Å². The van der Waals surface area contributed by atoms with Gasteiger partial charge >= 0.3 is 0 Å². The smallest absolute Gasteiger partial charge is 0.254 e. The lowest BCUT2D eigenvalue weighted by Gasteiger charge is -2.23. The topological polar surface area (TPSA) is 20.3 Å². The van der Waals surface area contributed by atoms with Crippen LogP contribution >= 0.6 is 0 Å². The van der Waals surface area contributed by atoms with E-state index in [1.165, 1.54) is 0 Å². The molecule has 0 heterocycles. The van der Waals surface area contributed by atoms with Crippen molar-refractivity contribution >= 4 is 5.91 Å². The maximum atomic E-state index is 12.3. The van der Waals surface area contributed by atoms with Gasteiger partial charge in [-0.15, -0.1) is 0 Å². The second-order valence-corrected chi connectivity index (χ2v) is 4.44. The molecule has 0 unspecified atom stereocenters. The number of nitrogens with zero attached hydrogens (tertiary/aromatic N) is 1. The van der Waals surface area contributed by atoms with Crippen molar-refractivity contribution in [2.45, 2.75) is 13.8 Å². The third-order valence-electron chi connectivity index (χ3n) is 2.23. The summed E-state index contributed by atoms with van der Waals surface area (Å²) in [5.41, 5.74) is 2.64. The van der Waals surface area contributed by atoms with Crippen LogP contribution in [0.1, 0.15) is 24.2 Å². The van der Waals surface area contributed by atoms with Crippen LogP contribution in [0.5, 0.6) is 0 Å². The maximum Gasteiger partial charge on any atom is 0.254 e. The molecule has 0 aliphatic rings. The van der Waals surface area contributed by atoms with E-state index in [1.807, 2.05) is 44.2 Å². The summed E-state index contributed by atoms with van der Waals surface area (Å²) < 4.78 is 0. The van der Waals surface area contributed by atoms with Crippen LogP contribution in [0.4, 0.5) is 0 Å². The lowest BCUT2D eigenvalue weighted by molar-refractivity contribution is 0.0783. The molecule has 0 aliphatic carbocycles. The molecule has 90 valence electrons. The second kappa shape index (κ2) is 6.04. The van der Waals surface area contributed by atoms with Gasteiger partial charge in [0.25, 0.3) is 5.91 Å². The van der Waals surface area contributed by atoms with Gasteiger partial charge in [-0.2, -0.15) is 0 Å². The van der Waals surface area contributed by atoms with Gasteiger partial charge in [-0.05, 0) is 26.0 Å². The van der Waals surface area contributed by atoms with Gasteiger partial charge in [-0.1, -0.05) is 42.5 Å². The summed E-state index contributed by atoms with van der Waals surface area (Å²) in [4.78, 5) is 14.0. The molecule has 1 aromatic rings. The Bertz CT molecular complexity index is 404. The van der Waals surface area contributed by atoms with Crippen LogP contribution < -0.4 is 0 Å². The van der Waals surface area contributed by atoms with Crippen molar-refractivity contribution in [2.75, 3.05) is 13.1 Å². The van der Waals surface area contributed by atoms with Gasteiger partial charge in [0, 0.05) is 18.7 Å². The lowest BCUT2D eigenvalue weighted by atomic mass is 10.1. The molecule has 0 saturated heterocycles. The Hall–Kier alpha value is -1.83. The molecular weight excluding hydrogens is 210 g/mol. The molecule has 0 N–H and O–H groups in total. The minimum absolute atomic E-state index is 0.0246. The summed E-state index contributed by atoms with van der Waals surface area (Å²) >= 11 is 0. The highest BCUT2D eigenvalue weighted by Gasteiger charge is 2.15. The van der Waals surface area contributed by atoms with Crippen molar-refractivity contribution in [3.8, 4) is 0 Å². The Kier molecular flexibility index (Phi) is 4.70. The Morgan fingerprint density at radius 1 is 1.06 bits per heavy atom. The minimum Gasteiger partial charge on any atom is -0.331 e. The van der Waals surface area contributed by atoms with Gasteiger partial charge in [0.1, 0.15) is 0 Å². The van der Waals surface area contributed by atoms with Gasteiger partial charge in [0.15, 0.2) is 0 Å². The number of carbonyl (C=O) groups is 1. The molecular formula is C15H19NO. The fourth-order valence-corrected chi connectivity index (χ4v) is 1.61. The second-order valence-electron chi connectivity index (χ2n) is 4.44. The summed E-state index contributed by atoms with van der Waals surface area (Å²) in [5, 5.41) is 0. The maximum absolute atomic E-state index is 12.3. The van der Waals surface area contributed by atoms with Crippen LogP contribution in [0, 0.1) is 0 Å². The first-order chi connectivity index (χ1) is 8.00. The summed E-state index contributed by atoms with van der Waals surface area (Å²) in [6.07, 6.45) is 0. The number of benzene rings is 1. The quantitative estimate of drug-likeness (QED) is 0.709. The molecule has 0 saturated carbocycles. The SMILES string of the molecule is C=C(C)CN(CC(=C)C)C(=O)c1ccccc1. The zero-order valence-corrected chi connectivity index (χ0v) is 10.6. The largest absolute Gasteiger partial charge is 0.331 e. The van der Waals surface area contributed by atoms with Gasteiger partial charge < -0.3 is 4.90 Å². The molecule has 0 atom stereocenters. The van der Waals surface area contributed by atoms with Crippen LogP contribution in [0.15, 0.2) is 54.6 Å². The van der Waals surface area contributed by atoms with Crippen LogP contribution in [-0.4, -0.2) is 23.9 Å². The van der Waals surface area contributed by atoms with Crippen molar-refractivity contribution in [3.05, 3.63) is 60.2 Å². The number of rotatable bonds is 5. The highest BCUT2D eigenvalue weighted by molar-refractivity contribution is 5.94. The molecule has 1 amide bonds. The van der Waals surface area contributed by atoms with Crippen LogP contribution in [-0.2, 0) is 0 Å². The normalized spacial score (nSPS) is 9.76. The van der Waals surface area contributed by atoms with Crippen molar-refractivity contribution in [1.82, 2.24) is 4.90 Å². The molecule has 17 heavy (non-hydrogen) atoms. The van der Waals surface area contributed by atoms with E-state index in [0.717, 1.165) is 11.1 Å². The molecule has 1 rings (SSSR count). The molecule has 0 aromatic heterocycles. The zero-order valence-electron chi connectivity index (χ0n) is 10.6. The Morgan fingerprint density at radius 2 is 1.53 bits per heavy atom. The van der Waals surface area contributed by atoms with Crippen molar-refractivity contribution < 1.29 is 4.79 Å². The average Bonchev–Trinajstić information content (AvgIpc) is 2.27. The predicted molar refractivity (Wildman–Crippen MR) is 72.0 cm³/mol. The highest BCUT2D eigenvalue weighted by Crippen LogP contribution is 2.08. The van der Waals surface area contributed by atoms with Gasteiger partial charge in [-0.3, -0.25) is 4.79 Å². The highest BCUT2D eigenvalue weighted by atomic mass is 16.2. The van der Waals surface area contributed by atoms with Crippen LogP contribution in [0.3, 0.4) is 0 Å². The fourth-order valence-electron chi connectivity index (χ4n) is 1.61. The molecule has 2 nitrogen and oxygen atoms in total. The zero-order chi connectivity index (χ0) is 12.8. The van der Waals surface area contributed by atoms with E-state index in [-0.39, 0.29) is 5.91 Å². The first-order valence-corrected chi connectivity index (χ1v) is 5.64. The first kappa shape index (κ1) is 13.2. The number of hydrogen-bond acceptors (Lipinski definition) is 1. The van der Waals surface area contributed by atoms with Gasteiger partial charge in [0.2, 0.25) is 0 Å². The molecule has 0 spiro atoms. The van der Waals surface area contributed by atoms with Crippen LogP contribution in [0.2, 0.25) is 0 Å². The minimum atomic E-state index is 0.0246. The van der Waals surface area contributed by atoms with Crippen LogP contribution in [0.25, 0.3) is 0 Å². The fraction of sp³-hybridized carbons (Fsp3) is 0.267. The number of amides is 1. The standard InChI is InChI=1S/C15H19NO/c1-12(2)10-16(11-13(3)4)15(17)14-8-6-5-7-9-14/h5-9H,1,3,10-11H2,2,4H3. The molecule has 0 bridgehead atoms. The molecule has 0 radical (unpaired) electrons. The van der Waals surface area contributed by atoms with Crippen molar-refractivity contribution in [3.63, 3.8) is 0 Å². The van der Waals surface area contributed by atoms with Gasteiger partial charge in [-0.25, -0.2) is 0 Å². The van der Waals surface area contributed by atoms with E-state index in [2.05, 4.69) is 13.2 Å². The Labute approximate surface area is 103 Å². The summed E-state index contributed by atoms with van der Waals surface area (Å²) in [5.74, 6) is 0.0246. The van der Waals surface area contributed by atoms with E-state index < -0.39 is 0 Å². The Balaban J connectivity index is 2.86. The predicted octanol–water partition coefficient (Wildman–Crippen LogP) is 3.28. The van der Waals surface area contributed by atoms with Crippen molar-refractivity contribution in [2.24, 2.45) is 0 Å². The summed E-state index contributed by atoms with van der Waals surface area (Å²) in [6, 6.07) is 9.29. The molecule has 1 aromatic carbocycles. The van der Waals surface area contributed by atoms with E-state index in [1.54, 1.807) is 4.90 Å². The third-order valence-corrected chi connectivity index (χ3v) is 2.23. The van der Waals surface area contributed by atoms with E-state index in [9.17, 15) is 4.79 Å². The number of hydrogen-bond donors (Lipinski definition) is 0. The van der Waals surface area contributed by atoms with E-state index in [4.69, 9.17) is 0 Å². The van der Waals surface area contributed by atoms with E-state index >= 15 is 0 Å². The van der Waals surface area contributed by atoms with E-state index in [0.29, 0.717) is 18.7 Å². The summed E-state index contributed by atoms with van der Waals surface area (Å²) in [6.45, 7) is 12.7. The monoisotopic (exact) mass is 229 g/mol. The average molecular weight is 229 g/mol. The third kappa shape index (κ3) is 4.27. The summed E-state index contributed by atoms with van der Waals surface area (Å²) in [7, 11) is 0.